The van der Waals surface area contributed by atoms with Crippen LogP contribution in [0.4, 0.5) is 0 Å². The molecule has 7 rings (SSSR count). The first-order valence-electron chi connectivity index (χ1n) is 15.4. The SMILES string of the molecule is [2H]C(C)(C)c1ccnc(-c2[c-]c3sc4cccc(-c5ccccc5)c4c3cc2)c1.[CH3][Ge]([CH3])([CH3])[c]1ccc(-c2[c-]cccc2)nc1.[Ir]. The molecule has 0 saturated carbocycles. The zero-order valence-corrected chi connectivity index (χ0v) is 31.5. The first-order chi connectivity index (χ1) is 21.6. The Balaban J connectivity index is 0.000000209. The number of fused-ring (bicyclic) bond motifs is 3. The number of benzene rings is 4. The van der Waals surface area contributed by atoms with Crippen molar-refractivity contribution in [3.8, 4) is 33.6 Å². The van der Waals surface area contributed by atoms with E-state index in [1.807, 2.05) is 56.4 Å². The van der Waals surface area contributed by atoms with E-state index in [4.69, 9.17) is 1.37 Å². The summed E-state index contributed by atoms with van der Waals surface area (Å²) in [5.41, 5.74) is 7.35. The largest absolute Gasteiger partial charge is 0 e. The van der Waals surface area contributed by atoms with Crippen molar-refractivity contribution in [1.82, 2.24) is 9.97 Å². The molecular formula is C40H36GeIrN2S-2. The number of pyridine rings is 2. The molecule has 0 atom stereocenters. The predicted molar refractivity (Wildman–Crippen MR) is 192 cm³/mol. The van der Waals surface area contributed by atoms with Gasteiger partial charge in [-0.2, -0.15) is 11.3 Å². The molecule has 0 amide bonds. The molecule has 0 unspecified atom stereocenters. The van der Waals surface area contributed by atoms with E-state index in [1.165, 1.54) is 31.0 Å². The summed E-state index contributed by atoms with van der Waals surface area (Å²) in [5.74, 6) is 6.49. The van der Waals surface area contributed by atoms with Crippen LogP contribution >= 0.6 is 11.3 Å². The van der Waals surface area contributed by atoms with Crippen molar-refractivity contribution in [2.45, 2.75) is 37.0 Å². The molecule has 3 aromatic heterocycles. The number of nitrogens with zero attached hydrogens (tertiary/aromatic N) is 2. The van der Waals surface area contributed by atoms with Crippen LogP contribution < -0.4 is 4.40 Å². The van der Waals surface area contributed by atoms with Gasteiger partial charge in [-0.3, -0.25) is 0 Å². The quantitative estimate of drug-likeness (QED) is 0.127. The maximum Gasteiger partial charge on any atom is 0 e. The van der Waals surface area contributed by atoms with Gasteiger partial charge < -0.3 is 4.98 Å². The third kappa shape index (κ3) is 7.53. The molecule has 7 aromatic rings. The summed E-state index contributed by atoms with van der Waals surface area (Å²) in [4.78, 5) is 9.07. The Bertz CT molecular complexity index is 2060. The number of hydrogen-bond acceptors (Lipinski definition) is 3. The fraction of sp³-hybridized carbons (Fsp3) is 0.150. The van der Waals surface area contributed by atoms with Gasteiger partial charge >= 0.3 is 99.8 Å². The molecule has 45 heavy (non-hydrogen) atoms. The van der Waals surface area contributed by atoms with Gasteiger partial charge in [0.15, 0.2) is 0 Å². The van der Waals surface area contributed by atoms with E-state index in [0.717, 1.165) is 32.8 Å². The van der Waals surface area contributed by atoms with Crippen LogP contribution in [0.2, 0.25) is 17.3 Å². The molecule has 0 saturated heterocycles. The summed E-state index contributed by atoms with van der Waals surface area (Å²) in [6, 6.07) is 44.3. The molecular weight excluding hydrogens is 805 g/mol. The van der Waals surface area contributed by atoms with E-state index in [2.05, 4.69) is 112 Å². The van der Waals surface area contributed by atoms with Crippen LogP contribution in [0.3, 0.4) is 0 Å². The molecule has 1 radical (unpaired) electrons. The van der Waals surface area contributed by atoms with E-state index in [-0.39, 0.29) is 20.1 Å². The summed E-state index contributed by atoms with van der Waals surface area (Å²) in [6.07, 6.45) is 3.83. The minimum absolute atomic E-state index is 0. The molecule has 3 heterocycles. The summed E-state index contributed by atoms with van der Waals surface area (Å²) in [5, 5.41) is 2.51. The zero-order valence-electron chi connectivity index (χ0n) is 27.2. The Hall–Kier alpha value is -3.41. The minimum Gasteiger partial charge on any atom is 0 e. The van der Waals surface area contributed by atoms with Crippen LogP contribution in [0.25, 0.3) is 53.8 Å². The molecule has 0 aliphatic heterocycles. The number of hydrogen-bond donors (Lipinski definition) is 0. The normalized spacial score (nSPS) is 11.8. The molecule has 4 aromatic carbocycles. The van der Waals surface area contributed by atoms with Gasteiger partial charge in [-0.25, -0.2) is 0 Å². The van der Waals surface area contributed by atoms with Crippen molar-refractivity contribution < 1.29 is 21.5 Å². The summed E-state index contributed by atoms with van der Waals surface area (Å²) in [6.45, 7) is 3.80. The van der Waals surface area contributed by atoms with Crippen LogP contribution in [-0.2, 0) is 20.1 Å². The second-order valence-electron chi connectivity index (χ2n) is 12.1. The maximum atomic E-state index is 8.31. The van der Waals surface area contributed by atoms with Crippen LogP contribution in [0.15, 0.2) is 122 Å². The molecule has 5 heteroatoms. The Morgan fingerprint density at radius 1 is 0.778 bits per heavy atom. The van der Waals surface area contributed by atoms with Gasteiger partial charge in [0.1, 0.15) is 0 Å². The number of rotatable bonds is 5. The fourth-order valence-corrected chi connectivity index (χ4v) is 8.50. The topological polar surface area (TPSA) is 25.8 Å². The molecule has 0 N–H and O–H groups in total. The smallest absolute Gasteiger partial charge is 0 e. The van der Waals surface area contributed by atoms with E-state index in [0.29, 0.717) is 0 Å². The summed E-state index contributed by atoms with van der Waals surface area (Å²) in [7, 11) is 0. The number of thiophene rings is 1. The van der Waals surface area contributed by atoms with Crippen LogP contribution in [0.1, 0.15) is 26.7 Å². The summed E-state index contributed by atoms with van der Waals surface area (Å²) < 4.78 is 12.2. The van der Waals surface area contributed by atoms with E-state index in [9.17, 15) is 0 Å². The van der Waals surface area contributed by atoms with Gasteiger partial charge in [-0.1, -0.05) is 73.3 Å². The van der Waals surface area contributed by atoms with Crippen molar-refractivity contribution in [2.24, 2.45) is 0 Å². The van der Waals surface area contributed by atoms with Crippen LogP contribution in [-0.4, -0.2) is 23.2 Å². The Labute approximate surface area is 288 Å². The molecule has 0 aliphatic rings. The molecule has 2 nitrogen and oxygen atoms in total. The van der Waals surface area contributed by atoms with Gasteiger partial charge in [0.05, 0.1) is 0 Å². The van der Waals surface area contributed by atoms with Gasteiger partial charge in [0.25, 0.3) is 0 Å². The molecule has 0 spiro atoms. The average molecular weight is 843 g/mol. The third-order valence-corrected chi connectivity index (χ3v) is 13.1. The van der Waals surface area contributed by atoms with Crippen molar-refractivity contribution in [3.05, 3.63) is 139 Å². The van der Waals surface area contributed by atoms with Crippen molar-refractivity contribution in [2.75, 3.05) is 0 Å². The Morgan fingerprint density at radius 2 is 1.58 bits per heavy atom. The second kappa shape index (κ2) is 14.3. The van der Waals surface area contributed by atoms with Crippen LogP contribution in [0.5, 0.6) is 0 Å². The zero-order chi connectivity index (χ0) is 31.6. The second-order valence-corrected chi connectivity index (χ2v) is 23.9. The fourth-order valence-electron chi connectivity index (χ4n) is 5.20. The maximum absolute atomic E-state index is 8.31. The average Bonchev–Trinajstić information content (AvgIpc) is 3.43. The molecule has 0 fully saturated rings. The third-order valence-electron chi connectivity index (χ3n) is 7.73. The van der Waals surface area contributed by atoms with Gasteiger partial charge in [0.2, 0.25) is 0 Å². The van der Waals surface area contributed by atoms with E-state index in [1.54, 1.807) is 17.5 Å². The Kier molecular flexibility index (Phi) is 10.1. The van der Waals surface area contributed by atoms with Gasteiger partial charge in [-0.15, -0.1) is 23.8 Å². The van der Waals surface area contributed by atoms with Gasteiger partial charge in [-0.05, 0) is 44.9 Å². The molecule has 0 bridgehead atoms. The first-order valence-corrected chi connectivity index (χ1v) is 23.1. The summed E-state index contributed by atoms with van der Waals surface area (Å²) >= 11 is 0.0528. The number of aromatic nitrogens is 2. The standard InChI is InChI=1S/C26H20NS.C14H16GeN.Ir/c1-17(2)19-13-14-27-23(15-19)20-11-12-22-25(16-20)28-24-10-6-9-21(26(22)24)18-7-4-3-5-8-18;1-15(2,3)13-9-10-14(16-11-13)12-7-5-4-6-8-12;/h3-15,17H,1-2H3;4-7,9-11H,1-3H3;/q2*-1;/i17D;;. The van der Waals surface area contributed by atoms with Gasteiger partial charge in [0, 0.05) is 32.4 Å². The van der Waals surface area contributed by atoms with Crippen molar-refractivity contribution in [3.63, 3.8) is 0 Å². The molecule has 227 valence electrons. The first kappa shape index (κ1) is 31.6. The Morgan fingerprint density at radius 3 is 2.27 bits per heavy atom. The monoisotopic (exact) mass is 844 g/mol. The van der Waals surface area contributed by atoms with Crippen LogP contribution in [0, 0.1) is 12.1 Å². The molecule has 0 aliphatic carbocycles. The van der Waals surface area contributed by atoms with Crippen molar-refractivity contribution in [1.29, 1.82) is 0 Å². The predicted octanol–water partition coefficient (Wildman–Crippen LogP) is 10.8. The van der Waals surface area contributed by atoms with E-state index >= 15 is 0 Å². The van der Waals surface area contributed by atoms with E-state index < -0.39 is 19.2 Å². The minimum atomic E-state index is -1.72. The van der Waals surface area contributed by atoms with Crippen molar-refractivity contribution >= 4 is 49.2 Å².